The molecule has 0 spiro atoms. The van der Waals surface area contributed by atoms with Gasteiger partial charge < -0.3 is 4.79 Å². The zero-order valence-corrected chi connectivity index (χ0v) is 10.7. The number of hydrogen-bond acceptors (Lipinski definition) is 2. The Kier molecular flexibility index (Phi) is 4.35. The summed E-state index contributed by atoms with van der Waals surface area (Å²) in [5.74, 6) is -1.45. The fraction of sp³-hybridized carbons (Fsp3) is 0.333. The van der Waals surface area contributed by atoms with Crippen molar-refractivity contribution in [3.63, 3.8) is 0 Å². The molecule has 0 aliphatic heterocycles. The first-order chi connectivity index (χ1) is 7.41. The fourth-order valence-electron chi connectivity index (χ4n) is 1.48. The molecule has 0 N–H and O–H groups in total. The number of carbonyl (C=O) groups excluding carboxylic acids is 2. The minimum absolute atomic E-state index is 0.0307. The minimum Gasteiger partial charge on any atom is -0.300 e. The number of carbonyl (C=O) groups is 2. The van der Waals surface area contributed by atoms with Gasteiger partial charge in [-0.3, -0.25) is 4.79 Å². The van der Waals surface area contributed by atoms with E-state index in [0.717, 1.165) is 0 Å². The second-order valence-electron chi connectivity index (χ2n) is 3.80. The zero-order chi connectivity index (χ0) is 12.3. The van der Waals surface area contributed by atoms with Crippen molar-refractivity contribution in [1.29, 1.82) is 0 Å². The van der Waals surface area contributed by atoms with Gasteiger partial charge in [0.25, 0.3) is 0 Å². The highest BCUT2D eigenvalue weighted by Crippen LogP contribution is 2.20. The van der Waals surface area contributed by atoms with Crippen LogP contribution in [0.25, 0.3) is 0 Å². The van der Waals surface area contributed by atoms with Crippen molar-refractivity contribution >= 4 is 27.5 Å². The largest absolute Gasteiger partial charge is 0.300 e. The van der Waals surface area contributed by atoms with E-state index in [0.29, 0.717) is 4.47 Å². The van der Waals surface area contributed by atoms with Crippen molar-refractivity contribution in [3.05, 3.63) is 34.1 Å². The van der Waals surface area contributed by atoms with Crippen LogP contribution in [0.15, 0.2) is 22.7 Å². The molecule has 0 bridgehead atoms. The maximum Gasteiger partial charge on any atom is 0.169 e. The average Bonchev–Trinajstić information content (AvgIpc) is 2.19. The number of hydrogen-bond donors (Lipinski definition) is 0. The van der Waals surface area contributed by atoms with Crippen LogP contribution < -0.4 is 0 Å². The van der Waals surface area contributed by atoms with Gasteiger partial charge in [0.15, 0.2) is 5.78 Å². The van der Waals surface area contributed by atoms with Crippen LogP contribution in [0.1, 0.15) is 30.6 Å². The molecule has 1 rings (SSSR count). The molecule has 86 valence electrons. The van der Waals surface area contributed by atoms with E-state index in [1.54, 1.807) is 6.92 Å². The van der Waals surface area contributed by atoms with Crippen molar-refractivity contribution in [2.24, 2.45) is 5.92 Å². The molecule has 0 saturated carbocycles. The van der Waals surface area contributed by atoms with E-state index in [1.807, 2.05) is 0 Å². The van der Waals surface area contributed by atoms with E-state index in [-0.39, 0.29) is 23.6 Å². The Labute approximate surface area is 102 Å². The Morgan fingerprint density at radius 1 is 1.44 bits per heavy atom. The quantitative estimate of drug-likeness (QED) is 0.795. The summed E-state index contributed by atoms with van der Waals surface area (Å²) in [6.07, 6.45) is 0.144. The third-order valence-corrected chi connectivity index (χ3v) is 2.73. The van der Waals surface area contributed by atoms with Gasteiger partial charge in [0, 0.05) is 16.8 Å². The first-order valence-corrected chi connectivity index (χ1v) is 5.70. The van der Waals surface area contributed by atoms with Crippen molar-refractivity contribution in [2.45, 2.75) is 20.3 Å². The standard InChI is InChI=1S/C12H12BrFO2/c1-7(5-8(2)15)12(16)10-6-9(13)3-4-11(10)14/h3-4,6-7H,5H2,1-2H3. The van der Waals surface area contributed by atoms with Gasteiger partial charge in [0.05, 0.1) is 5.56 Å². The number of Topliss-reactive ketones (excluding diaryl/α,β-unsaturated/α-hetero) is 2. The Balaban J connectivity index is 2.95. The Morgan fingerprint density at radius 3 is 2.62 bits per heavy atom. The Bertz CT molecular complexity index is 429. The molecule has 1 atom stereocenters. The summed E-state index contributed by atoms with van der Waals surface area (Å²) in [5.41, 5.74) is 0.0307. The maximum absolute atomic E-state index is 13.4. The predicted octanol–water partition coefficient (Wildman–Crippen LogP) is 3.39. The summed E-state index contributed by atoms with van der Waals surface area (Å²) in [6.45, 7) is 3.05. The highest BCUT2D eigenvalue weighted by molar-refractivity contribution is 9.10. The third-order valence-electron chi connectivity index (χ3n) is 2.24. The number of benzene rings is 1. The number of ketones is 2. The maximum atomic E-state index is 13.4. The highest BCUT2D eigenvalue weighted by atomic mass is 79.9. The van der Waals surface area contributed by atoms with E-state index in [1.165, 1.54) is 25.1 Å². The molecule has 0 radical (unpaired) electrons. The normalized spacial score (nSPS) is 12.2. The van der Waals surface area contributed by atoms with Crippen LogP contribution in [0, 0.1) is 11.7 Å². The van der Waals surface area contributed by atoms with Gasteiger partial charge in [-0.2, -0.15) is 0 Å². The zero-order valence-electron chi connectivity index (χ0n) is 9.09. The molecular weight excluding hydrogens is 275 g/mol. The van der Waals surface area contributed by atoms with Crippen molar-refractivity contribution in [3.8, 4) is 0 Å². The lowest BCUT2D eigenvalue weighted by Crippen LogP contribution is -2.15. The first-order valence-electron chi connectivity index (χ1n) is 4.90. The van der Waals surface area contributed by atoms with Crippen LogP contribution in [0.3, 0.4) is 0 Å². The first kappa shape index (κ1) is 13.0. The van der Waals surface area contributed by atoms with E-state index in [2.05, 4.69) is 15.9 Å². The Hall–Kier alpha value is -1.03. The summed E-state index contributed by atoms with van der Waals surface area (Å²) in [7, 11) is 0. The topological polar surface area (TPSA) is 34.1 Å². The van der Waals surface area contributed by atoms with Gasteiger partial charge in [-0.25, -0.2) is 4.39 Å². The number of halogens is 2. The summed E-state index contributed by atoms with van der Waals surface area (Å²) >= 11 is 3.18. The molecule has 1 aromatic rings. The van der Waals surface area contributed by atoms with Gasteiger partial charge in [0.1, 0.15) is 11.6 Å². The third kappa shape index (κ3) is 3.23. The molecule has 0 saturated heterocycles. The fourth-order valence-corrected chi connectivity index (χ4v) is 1.84. The Morgan fingerprint density at radius 2 is 2.06 bits per heavy atom. The van der Waals surface area contributed by atoms with Crippen LogP contribution in [0.4, 0.5) is 4.39 Å². The SMILES string of the molecule is CC(=O)CC(C)C(=O)c1cc(Br)ccc1F. The van der Waals surface area contributed by atoms with Crippen LogP contribution in [0.5, 0.6) is 0 Å². The van der Waals surface area contributed by atoms with Gasteiger partial charge in [-0.15, -0.1) is 0 Å². The van der Waals surface area contributed by atoms with Gasteiger partial charge in [-0.1, -0.05) is 22.9 Å². The second-order valence-corrected chi connectivity index (χ2v) is 4.71. The van der Waals surface area contributed by atoms with Gasteiger partial charge in [0.2, 0.25) is 0 Å². The van der Waals surface area contributed by atoms with Crippen LogP contribution in [-0.4, -0.2) is 11.6 Å². The molecular formula is C12H12BrFO2. The summed E-state index contributed by atoms with van der Waals surface area (Å²) in [5, 5.41) is 0. The number of rotatable bonds is 4. The molecule has 0 aromatic heterocycles. The van der Waals surface area contributed by atoms with E-state index >= 15 is 0 Å². The van der Waals surface area contributed by atoms with E-state index in [4.69, 9.17) is 0 Å². The van der Waals surface area contributed by atoms with Gasteiger partial charge >= 0.3 is 0 Å². The minimum atomic E-state index is -0.552. The summed E-state index contributed by atoms with van der Waals surface area (Å²) in [4.78, 5) is 22.7. The molecule has 4 heteroatoms. The molecule has 1 unspecified atom stereocenters. The van der Waals surface area contributed by atoms with Crippen LogP contribution >= 0.6 is 15.9 Å². The predicted molar refractivity (Wildman–Crippen MR) is 62.9 cm³/mol. The van der Waals surface area contributed by atoms with Crippen molar-refractivity contribution in [1.82, 2.24) is 0 Å². The lowest BCUT2D eigenvalue weighted by Gasteiger charge is -2.09. The molecule has 0 heterocycles. The molecule has 1 aromatic carbocycles. The van der Waals surface area contributed by atoms with Crippen molar-refractivity contribution in [2.75, 3.05) is 0 Å². The van der Waals surface area contributed by atoms with Crippen LogP contribution in [-0.2, 0) is 4.79 Å². The monoisotopic (exact) mass is 286 g/mol. The molecule has 2 nitrogen and oxygen atoms in total. The average molecular weight is 287 g/mol. The van der Waals surface area contributed by atoms with E-state index < -0.39 is 11.7 Å². The summed E-state index contributed by atoms with van der Waals surface area (Å²) in [6, 6.07) is 4.20. The summed E-state index contributed by atoms with van der Waals surface area (Å²) < 4.78 is 14.0. The molecule has 0 fully saturated rings. The molecule has 16 heavy (non-hydrogen) atoms. The second kappa shape index (κ2) is 5.34. The van der Waals surface area contributed by atoms with Crippen molar-refractivity contribution < 1.29 is 14.0 Å². The van der Waals surface area contributed by atoms with E-state index in [9.17, 15) is 14.0 Å². The highest BCUT2D eigenvalue weighted by Gasteiger charge is 2.20. The smallest absolute Gasteiger partial charge is 0.169 e. The molecule has 0 amide bonds. The van der Waals surface area contributed by atoms with Gasteiger partial charge in [-0.05, 0) is 25.1 Å². The lowest BCUT2D eigenvalue weighted by molar-refractivity contribution is -0.117. The lowest BCUT2D eigenvalue weighted by atomic mass is 9.95. The van der Waals surface area contributed by atoms with Crippen LogP contribution in [0.2, 0.25) is 0 Å². The molecule has 0 aliphatic rings. The molecule has 0 aliphatic carbocycles.